The summed E-state index contributed by atoms with van der Waals surface area (Å²) in [4.78, 5) is 22.0. The van der Waals surface area contributed by atoms with Crippen LogP contribution in [0, 0.1) is 0 Å². The zero-order valence-electron chi connectivity index (χ0n) is 19.6. The smallest absolute Gasteiger partial charge is 0.343 e. The molecular formula is C28H28O7. The first kappa shape index (κ1) is 25.4. The van der Waals surface area contributed by atoms with Gasteiger partial charge in [0.15, 0.2) is 0 Å². The van der Waals surface area contributed by atoms with Crippen molar-refractivity contribution in [2.24, 2.45) is 0 Å². The van der Waals surface area contributed by atoms with Gasteiger partial charge in [0.05, 0.1) is 18.8 Å². The van der Waals surface area contributed by atoms with Crippen LogP contribution in [-0.4, -0.2) is 26.0 Å². The lowest BCUT2D eigenvalue weighted by molar-refractivity contribution is -0.261. The van der Waals surface area contributed by atoms with E-state index in [-0.39, 0.29) is 6.79 Å². The predicted octanol–water partition coefficient (Wildman–Crippen LogP) is 6.21. The van der Waals surface area contributed by atoms with E-state index in [0.717, 1.165) is 11.3 Å². The van der Waals surface area contributed by atoms with Gasteiger partial charge in [0, 0.05) is 6.42 Å². The van der Waals surface area contributed by atoms with Crippen molar-refractivity contribution < 1.29 is 33.5 Å². The largest absolute Gasteiger partial charge is 0.494 e. The van der Waals surface area contributed by atoms with Crippen LogP contribution in [0.4, 0.5) is 0 Å². The van der Waals surface area contributed by atoms with Gasteiger partial charge in [0.1, 0.15) is 28.8 Å². The van der Waals surface area contributed by atoms with Crippen LogP contribution >= 0.6 is 0 Å². The maximum absolute atomic E-state index is 12.3. The van der Waals surface area contributed by atoms with Crippen LogP contribution in [0.25, 0.3) is 6.08 Å². The SMILES string of the molecule is C=Cc1ccc(C(=O)Oc2ccc(OCOc3ccc(OCCCOOC(=C)C)cc3)cc2)cc1. The number of rotatable bonds is 14. The van der Waals surface area contributed by atoms with Gasteiger partial charge < -0.3 is 23.8 Å². The highest BCUT2D eigenvalue weighted by atomic mass is 17.2. The van der Waals surface area contributed by atoms with Crippen molar-refractivity contribution in [2.75, 3.05) is 20.0 Å². The fourth-order valence-corrected chi connectivity index (χ4v) is 2.77. The van der Waals surface area contributed by atoms with E-state index >= 15 is 0 Å². The minimum absolute atomic E-state index is 0.0229. The molecule has 0 spiro atoms. The Kier molecular flexibility index (Phi) is 9.77. The third-order valence-electron chi connectivity index (χ3n) is 4.53. The molecule has 0 aliphatic rings. The second kappa shape index (κ2) is 13.5. The lowest BCUT2D eigenvalue weighted by Crippen LogP contribution is -2.08. The molecule has 0 unspecified atom stereocenters. The zero-order valence-corrected chi connectivity index (χ0v) is 19.6. The van der Waals surface area contributed by atoms with Crippen LogP contribution < -0.4 is 18.9 Å². The van der Waals surface area contributed by atoms with E-state index in [2.05, 4.69) is 13.2 Å². The molecular weight excluding hydrogens is 448 g/mol. The molecule has 35 heavy (non-hydrogen) atoms. The molecule has 0 saturated carbocycles. The summed E-state index contributed by atoms with van der Waals surface area (Å²) in [5.41, 5.74) is 1.39. The number of carbonyl (C=O) groups excluding carboxylic acids is 1. The van der Waals surface area contributed by atoms with Crippen molar-refractivity contribution in [1.29, 1.82) is 0 Å². The zero-order chi connectivity index (χ0) is 24.9. The Hall–Kier alpha value is -4.23. The number of hydrogen-bond donors (Lipinski definition) is 0. The average molecular weight is 477 g/mol. The van der Waals surface area contributed by atoms with Crippen molar-refractivity contribution in [2.45, 2.75) is 13.3 Å². The van der Waals surface area contributed by atoms with Crippen LogP contribution in [-0.2, 0) is 9.78 Å². The minimum atomic E-state index is -0.435. The number of allylic oxidation sites excluding steroid dienone is 1. The van der Waals surface area contributed by atoms with Gasteiger partial charge in [-0.1, -0.05) is 31.4 Å². The van der Waals surface area contributed by atoms with Gasteiger partial charge in [-0.2, -0.15) is 4.89 Å². The van der Waals surface area contributed by atoms with Gasteiger partial charge >= 0.3 is 5.97 Å². The normalized spacial score (nSPS) is 10.2. The molecule has 3 aromatic carbocycles. The molecule has 7 nitrogen and oxygen atoms in total. The maximum atomic E-state index is 12.3. The molecule has 0 aliphatic heterocycles. The van der Waals surface area contributed by atoms with E-state index in [1.54, 1.807) is 73.7 Å². The molecule has 3 aromatic rings. The van der Waals surface area contributed by atoms with Crippen molar-refractivity contribution in [3.8, 4) is 23.0 Å². The number of esters is 1. The predicted molar refractivity (Wildman–Crippen MR) is 132 cm³/mol. The Bertz CT molecular complexity index is 1090. The van der Waals surface area contributed by atoms with Gasteiger partial charge in [0.2, 0.25) is 6.79 Å². The molecule has 0 atom stereocenters. The van der Waals surface area contributed by atoms with Crippen molar-refractivity contribution in [1.82, 2.24) is 0 Å². The maximum Gasteiger partial charge on any atom is 0.343 e. The van der Waals surface area contributed by atoms with Crippen LogP contribution in [0.2, 0.25) is 0 Å². The second-order valence-electron chi connectivity index (χ2n) is 7.37. The molecule has 182 valence electrons. The molecule has 0 bridgehead atoms. The van der Waals surface area contributed by atoms with Crippen molar-refractivity contribution >= 4 is 12.0 Å². The van der Waals surface area contributed by atoms with Gasteiger partial charge in [-0.25, -0.2) is 4.79 Å². The molecule has 3 rings (SSSR count). The van der Waals surface area contributed by atoms with E-state index < -0.39 is 5.97 Å². The molecule has 0 fully saturated rings. The summed E-state index contributed by atoms with van der Waals surface area (Å²) < 4.78 is 22.2. The van der Waals surface area contributed by atoms with E-state index in [1.807, 2.05) is 12.1 Å². The molecule has 7 heteroatoms. The second-order valence-corrected chi connectivity index (χ2v) is 7.37. The lowest BCUT2D eigenvalue weighted by atomic mass is 10.1. The Morgan fingerprint density at radius 3 is 1.86 bits per heavy atom. The van der Waals surface area contributed by atoms with Gasteiger partial charge in [0.25, 0.3) is 0 Å². The molecule has 0 heterocycles. The topological polar surface area (TPSA) is 72.5 Å². The fraction of sp³-hybridized carbons (Fsp3) is 0.179. The van der Waals surface area contributed by atoms with E-state index in [9.17, 15) is 4.79 Å². The van der Waals surface area contributed by atoms with Gasteiger partial charge in [-0.3, -0.25) is 0 Å². The number of hydrogen-bond acceptors (Lipinski definition) is 7. The quantitative estimate of drug-likeness (QED) is 0.0520. The highest BCUT2D eigenvalue weighted by Crippen LogP contribution is 2.21. The standard InChI is InChI=1S/C28H28O7/c1-4-22-6-8-23(9-7-22)28(29)34-27-16-14-26(15-17-27)32-20-31-25-12-10-24(11-13-25)30-18-5-19-33-35-21(2)3/h4,6-17H,1-2,5,18-20H2,3H3. The molecule has 0 saturated heterocycles. The number of benzene rings is 3. The summed E-state index contributed by atoms with van der Waals surface area (Å²) in [5, 5.41) is 0. The van der Waals surface area contributed by atoms with Crippen LogP contribution in [0.1, 0.15) is 29.3 Å². The third kappa shape index (κ3) is 8.91. The average Bonchev–Trinajstić information content (AvgIpc) is 2.88. The molecule has 0 amide bonds. The Labute approximate surface area is 205 Å². The third-order valence-corrected chi connectivity index (χ3v) is 4.53. The Morgan fingerprint density at radius 2 is 1.31 bits per heavy atom. The summed E-state index contributed by atoms with van der Waals surface area (Å²) in [5.74, 6) is 2.44. The van der Waals surface area contributed by atoms with E-state index in [0.29, 0.717) is 48.2 Å². The summed E-state index contributed by atoms with van der Waals surface area (Å²) in [7, 11) is 0. The van der Waals surface area contributed by atoms with Crippen molar-refractivity contribution in [3.63, 3.8) is 0 Å². The highest BCUT2D eigenvalue weighted by molar-refractivity contribution is 5.91. The summed E-state index contributed by atoms with van der Waals surface area (Å²) in [6.45, 7) is 9.92. The van der Waals surface area contributed by atoms with Crippen LogP contribution in [0.3, 0.4) is 0 Å². The van der Waals surface area contributed by atoms with E-state index in [1.165, 1.54) is 0 Å². The molecule has 0 aliphatic carbocycles. The molecule has 0 aromatic heterocycles. The van der Waals surface area contributed by atoms with Crippen LogP contribution in [0.5, 0.6) is 23.0 Å². The first-order valence-electron chi connectivity index (χ1n) is 11.0. The minimum Gasteiger partial charge on any atom is -0.494 e. The summed E-state index contributed by atoms with van der Waals surface area (Å²) in [6.07, 6.45) is 2.39. The Morgan fingerprint density at radius 1 is 0.771 bits per heavy atom. The Balaban J connectivity index is 1.36. The van der Waals surface area contributed by atoms with Crippen molar-refractivity contribution in [3.05, 3.63) is 103 Å². The molecule has 0 radical (unpaired) electrons. The first-order valence-corrected chi connectivity index (χ1v) is 11.0. The first-order chi connectivity index (χ1) is 17.0. The summed E-state index contributed by atoms with van der Waals surface area (Å²) in [6, 6.07) is 21.0. The van der Waals surface area contributed by atoms with Crippen LogP contribution in [0.15, 0.2) is 91.7 Å². The van der Waals surface area contributed by atoms with Gasteiger partial charge in [-0.05, 0) is 73.2 Å². The van der Waals surface area contributed by atoms with E-state index in [4.69, 9.17) is 28.7 Å². The highest BCUT2D eigenvalue weighted by Gasteiger charge is 2.08. The fourth-order valence-electron chi connectivity index (χ4n) is 2.77. The number of ether oxygens (including phenoxy) is 4. The monoisotopic (exact) mass is 476 g/mol. The lowest BCUT2D eigenvalue weighted by Gasteiger charge is -2.10. The summed E-state index contributed by atoms with van der Waals surface area (Å²) >= 11 is 0. The van der Waals surface area contributed by atoms with Gasteiger partial charge in [-0.15, -0.1) is 0 Å². The number of carbonyl (C=O) groups is 1. The molecule has 0 N–H and O–H groups in total.